The van der Waals surface area contributed by atoms with Crippen molar-refractivity contribution in [2.75, 3.05) is 6.61 Å². The van der Waals surface area contributed by atoms with Gasteiger partial charge < -0.3 is 20.9 Å². The summed E-state index contributed by atoms with van der Waals surface area (Å²) >= 11 is 5.64. The van der Waals surface area contributed by atoms with Gasteiger partial charge in [-0.15, -0.1) is 0 Å². The number of nitrogens with one attached hydrogen (secondary N) is 1. The van der Waals surface area contributed by atoms with Crippen LogP contribution in [0.3, 0.4) is 0 Å². The van der Waals surface area contributed by atoms with Crippen molar-refractivity contribution in [2.45, 2.75) is 6.10 Å². The molecule has 90 valence electrons. The van der Waals surface area contributed by atoms with E-state index in [0.29, 0.717) is 0 Å². The molecule has 5 N–H and O–H groups in total. The average Bonchev–Trinajstić information content (AvgIpc) is 2.77. The second-order valence-electron chi connectivity index (χ2n) is 3.58. The minimum Gasteiger partial charge on any atom is -0.397 e. The third kappa shape index (κ3) is 1.57. The molecule has 0 amide bonds. The quantitative estimate of drug-likeness (QED) is 0.541. The molecule has 1 aromatic heterocycles. The fourth-order valence-electron chi connectivity index (χ4n) is 1.71. The van der Waals surface area contributed by atoms with Gasteiger partial charge in [-0.1, -0.05) is 11.6 Å². The number of aliphatic hydroxyl groups excluding tert-OH is 2. The van der Waals surface area contributed by atoms with Crippen molar-refractivity contribution in [3.63, 3.8) is 0 Å². The van der Waals surface area contributed by atoms with Crippen molar-refractivity contribution in [1.82, 2.24) is 4.98 Å². The largest absolute Gasteiger partial charge is 0.397 e. The van der Waals surface area contributed by atoms with Crippen LogP contribution in [0.4, 0.5) is 0 Å². The Labute approximate surface area is 101 Å². The maximum atomic E-state index is 11.6. The van der Waals surface area contributed by atoms with E-state index in [1.807, 2.05) is 0 Å². The zero-order valence-corrected chi connectivity index (χ0v) is 9.28. The molecule has 1 unspecified atom stereocenters. The Hall–Kier alpha value is -1.63. The van der Waals surface area contributed by atoms with Crippen LogP contribution in [0.25, 0.3) is 5.70 Å². The number of hydrogen-bond donors (Lipinski definition) is 4. The lowest BCUT2D eigenvalue weighted by Crippen LogP contribution is -2.25. The van der Waals surface area contributed by atoms with Crippen LogP contribution in [-0.4, -0.2) is 33.4 Å². The molecule has 1 aliphatic rings. The van der Waals surface area contributed by atoms with E-state index in [0.717, 1.165) is 0 Å². The number of halogens is 1. The number of allylic oxidation sites excluding steroid dienone is 1. The van der Waals surface area contributed by atoms with Crippen molar-refractivity contribution in [1.29, 1.82) is 0 Å². The van der Waals surface area contributed by atoms with Gasteiger partial charge in [0.05, 0.1) is 12.3 Å². The van der Waals surface area contributed by atoms with Crippen molar-refractivity contribution in [3.8, 4) is 0 Å². The highest BCUT2D eigenvalue weighted by Crippen LogP contribution is 2.33. The smallest absolute Gasteiger partial charge is 0.251 e. The Morgan fingerprint density at radius 2 is 2.06 bits per heavy atom. The highest BCUT2D eigenvalue weighted by Gasteiger charge is 2.35. The number of ketones is 2. The van der Waals surface area contributed by atoms with Gasteiger partial charge in [0, 0.05) is 17.3 Å². The first kappa shape index (κ1) is 11.8. The molecular formula is C10H9ClN2O4. The van der Waals surface area contributed by atoms with Crippen LogP contribution in [0.15, 0.2) is 11.2 Å². The number of fused-ring (bicyclic) bond motifs is 1. The molecule has 0 radical (unpaired) electrons. The third-order valence-electron chi connectivity index (χ3n) is 2.58. The number of H-pyrrole nitrogens is 1. The van der Waals surface area contributed by atoms with Gasteiger partial charge in [-0.25, -0.2) is 0 Å². The zero-order valence-electron chi connectivity index (χ0n) is 8.53. The molecule has 1 aliphatic carbocycles. The van der Waals surface area contributed by atoms with Crippen molar-refractivity contribution in [3.05, 3.63) is 28.0 Å². The maximum absolute atomic E-state index is 11.6. The molecule has 0 spiro atoms. The molecule has 0 saturated heterocycles. The molecule has 0 bridgehead atoms. The number of carbonyl (C=O) groups is 2. The van der Waals surface area contributed by atoms with Gasteiger partial charge in [0.2, 0.25) is 5.78 Å². The summed E-state index contributed by atoms with van der Waals surface area (Å²) in [7, 11) is 0. The SMILES string of the molecule is NC1=C(Cl)C(=O)C(=O)c2[nH]cc(C(O)CO)c21. The average molecular weight is 257 g/mol. The highest BCUT2D eigenvalue weighted by molar-refractivity contribution is 6.64. The van der Waals surface area contributed by atoms with E-state index in [4.69, 9.17) is 22.4 Å². The lowest BCUT2D eigenvalue weighted by Gasteiger charge is -2.15. The van der Waals surface area contributed by atoms with Crippen LogP contribution in [0.5, 0.6) is 0 Å². The van der Waals surface area contributed by atoms with Crippen LogP contribution >= 0.6 is 11.6 Å². The molecule has 0 saturated carbocycles. The van der Waals surface area contributed by atoms with E-state index in [-0.39, 0.29) is 27.6 Å². The fourth-order valence-corrected chi connectivity index (χ4v) is 1.89. The van der Waals surface area contributed by atoms with Gasteiger partial charge in [0.25, 0.3) is 5.78 Å². The zero-order chi connectivity index (χ0) is 12.7. The molecule has 1 atom stereocenters. The lowest BCUT2D eigenvalue weighted by atomic mass is 9.95. The molecule has 6 nitrogen and oxygen atoms in total. The van der Waals surface area contributed by atoms with Gasteiger partial charge in [0.15, 0.2) is 0 Å². The second-order valence-corrected chi connectivity index (χ2v) is 3.96. The molecule has 0 aromatic carbocycles. The van der Waals surface area contributed by atoms with Gasteiger partial charge in [-0.05, 0) is 0 Å². The summed E-state index contributed by atoms with van der Waals surface area (Å²) in [6.45, 7) is -0.530. The lowest BCUT2D eigenvalue weighted by molar-refractivity contribution is -0.111. The van der Waals surface area contributed by atoms with Crippen molar-refractivity contribution < 1.29 is 19.8 Å². The first-order valence-electron chi connectivity index (χ1n) is 4.73. The molecular weight excluding hydrogens is 248 g/mol. The summed E-state index contributed by atoms with van der Waals surface area (Å²) in [5.74, 6) is -1.70. The number of carbonyl (C=O) groups excluding carboxylic acids is 2. The van der Waals surface area contributed by atoms with Crippen molar-refractivity contribution >= 4 is 28.9 Å². The Bertz CT molecular complexity index is 547. The van der Waals surface area contributed by atoms with Gasteiger partial charge >= 0.3 is 0 Å². The molecule has 0 fully saturated rings. The Morgan fingerprint density at radius 1 is 1.41 bits per heavy atom. The molecule has 1 aromatic rings. The number of hydrogen-bond acceptors (Lipinski definition) is 5. The predicted molar refractivity (Wildman–Crippen MR) is 59.1 cm³/mol. The molecule has 7 heteroatoms. The molecule has 1 heterocycles. The van der Waals surface area contributed by atoms with Crippen LogP contribution in [0.1, 0.15) is 27.7 Å². The summed E-state index contributed by atoms with van der Waals surface area (Å²) in [5.41, 5.74) is 5.97. The summed E-state index contributed by atoms with van der Waals surface area (Å²) in [6.07, 6.45) is 0.123. The number of aromatic nitrogens is 1. The molecule has 17 heavy (non-hydrogen) atoms. The summed E-state index contributed by atoms with van der Waals surface area (Å²) in [4.78, 5) is 25.6. The first-order valence-corrected chi connectivity index (χ1v) is 5.11. The van der Waals surface area contributed by atoms with E-state index in [2.05, 4.69) is 4.98 Å². The Morgan fingerprint density at radius 3 is 2.65 bits per heavy atom. The summed E-state index contributed by atoms with van der Waals surface area (Å²) in [5, 5.41) is 18.0. The van der Waals surface area contributed by atoms with E-state index in [1.54, 1.807) is 0 Å². The normalized spacial score (nSPS) is 17.4. The summed E-state index contributed by atoms with van der Waals surface area (Å²) in [6, 6.07) is 0. The fraction of sp³-hybridized carbons (Fsp3) is 0.200. The van der Waals surface area contributed by atoms with Gasteiger partial charge in [0.1, 0.15) is 16.8 Å². The molecule has 2 rings (SSSR count). The second kappa shape index (κ2) is 3.99. The predicted octanol–water partition coefficient (Wildman–Crippen LogP) is -0.328. The monoisotopic (exact) mass is 256 g/mol. The summed E-state index contributed by atoms with van der Waals surface area (Å²) < 4.78 is 0. The van der Waals surface area contributed by atoms with Crippen LogP contribution in [0, 0.1) is 0 Å². The van der Waals surface area contributed by atoms with E-state index >= 15 is 0 Å². The van der Waals surface area contributed by atoms with E-state index in [1.165, 1.54) is 6.20 Å². The van der Waals surface area contributed by atoms with E-state index in [9.17, 15) is 14.7 Å². The number of aromatic amines is 1. The van der Waals surface area contributed by atoms with Crippen molar-refractivity contribution in [2.24, 2.45) is 5.73 Å². The third-order valence-corrected chi connectivity index (χ3v) is 2.96. The standard InChI is InChI=1S/C10H9ClN2O4/c11-6-7(12)5-3(4(15)2-14)1-13-8(5)10(17)9(6)16/h1,4,13-15H,2,12H2. The minimum atomic E-state index is -1.20. The number of rotatable bonds is 2. The van der Waals surface area contributed by atoms with E-state index < -0.39 is 24.3 Å². The van der Waals surface area contributed by atoms with Crippen LogP contribution in [0.2, 0.25) is 0 Å². The maximum Gasteiger partial charge on any atom is 0.251 e. The Kier molecular flexibility index (Phi) is 2.78. The Balaban J connectivity index is 2.68. The number of nitrogens with two attached hydrogens (primary N) is 1. The highest BCUT2D eigenvalue weighted by atomic mass is 35.5. The van der Waals surface area contributed by atoms with Crippen LogP contribution in [-0.2, 0) is 4.79 Å². The topological polar surface area (TPSA) is 116 Å². The van der Waals surface area contributed by atoms with Gasteiger partial charge in [-0.3, -0.25) is 9.59 Å². The minimum absolute atomic E-state index is 0.0144. The van der Waals surface area contributed by atoms with Gasteiger partial charge in [-0.2, -0.15) is 0 Å². The number of Topliss-reactive ketones (excluding diaryl/α,β-unsaturated/α-hetero) is 2. The van der Waals surface area contributed by atoms with Crippen LogP contribution < -0.4 is 5.73 Å². The molecule has 0 aliphatic heterocycles. The first-order chi connectivity index (χ1) is 7.99. The number of aliphatic hydroxyl groups is 2.